The third-order valence-corrected chi connectivity index (χ3v) is 6.74. The molecule has 2 aromatic carbocycles. The highest BCUT2D eigenvalue weighted by molar-refractivity contribution is 7.92. The van der Waals surface area contributed by atoms with E-state index in [-0.39, 0.29) is 23.5 Å². The van der Waals surface area contributed by atoms with E-state index in [0.717, 1.165) is 0 Å². The molecule has 1 heterocycles. The van der Waals surface area contributed by atoms with Crippen molar-refractivity contribution in [3.8, 4) is 0 Å². The molecule has 3 rings (SSSR count). The number of nitrogens with zero attached hydrogens (tertiary/aromatic N) is 1. The Morgan fingerprint density at radius 3 is 2.47 bits per heavy atom. The number of aryl methyl sites for hydroxylation is 1. The Morgan fingerprint density at radius 2 is 1.81 bits per heavy atom. The van der Waals surface area contributed by atoms with Gasteiger partial charge in [-0.1, -0.05) is 24.3 Å². The van der Waals surface area contributed by atoms with E-state index >= 15 is 0 Å². The van der Waals surface area contributed by atoms with Crippen molar-refractivity contribution in [2.45, 2.75) is 25.3 Å². The Labute approximate surface area is 186 Å². The molecule has 0 saturated carbocycles. The predicted molar refractivity (Wildman–Crippen MR) is 119 cm³/mol. The van der Waals surface area contributed by atoms with Gasteiger partial charge in [0.1, 0.15) is 5.76 Å². The van der Waals surface area contributed by atoms with Gasteiger partial charge in [0.2, 0.25) is 0 Å². The van der Waals surface area contributed by atoms with Crippen molar-refractivity contribution in [1.82, 2.24) is 5.32 Å². The minimum atomic E-state index is -3.92. The molecule has 0 atom stereocenters. The molecular formula is C23H24N2O6S. The van der Waals surface area contributed by atoms with Crippen LogP contribution in [-0.2, 0) is 26.1 Å². The van der Waals surface area contributed by atoms with Gasteiger partial charge in [-0.25, -0.2) is 13.2 Å². The van der Waals surface area contributed by atoms with Gasteiger partial charge in [-0.2, -0.15) is 0 Å². The van der Waals surface area contributed by atoms with Gasteiger partial charge in [-0.3, -0.25) is 9.10 Å². The molecule has 168 valence electrons. The fourth-order valence-electron chi connectivity index (χ4n) is 3.07. The second-order valence-corrected chi connectivity index (χ2v) is 8.75. The standard InChI is InChI=1S/C23H24N2O6S/c1-3-25(19-8-5-4-6-9-19)32(28,29)21-14-18(12-11-17(21)2)23(27)31-16-22(26)24-15-20-10-7-13-30-20/h4-14H,3,15-16H2,1-2H3,(H,24,26). The van der Waals surface area contributed by atoms with E-state index in [0.29, 0.717) is 17.0 Å². The van der Waals surface area contributed by atoms with Crippen molar-refractivity contribution in [1.29, 1.82) is 0 Å². The molecule has 0 unspecified atom stereocenters. The van der Waals surface area contributed by atoms with Crippen molar-refractivity contribution in [2.75, 3.05) is 17.5 Å². The zero-order valence-corrected chi connectivity index (χ0v) is 18.6. The molecule has 3 aromatic rings. The van der Waals surface area contributed by atoms with Crippen LogP contribution in [0.15, 0.2) is 76.2 Å². The third kappa shape index (κ3) is 5.36. The minimum absolute atomic E-state index is 0.0000704. The van der Waals surface area contributed by atoms with Crippen molar-refractivity contribution >= 4 is 27.6 Å². The SMILES string of the molecule is CCN(c1ccccc1)S(=O)(=O)c1cc(C(=O)OCC(=O)NCc2ccco2)ccc1C. The minimum Gasteiger partial charge on any atom is -0.467 e. The number of carbonyl (C=O) groups is 2. The first-order valence-corrected chi connectivity index (χ1v) is 11.4. The van der Waals surface area contributed by atoms with Gasteiger partial charge in [0.25, 0.3) is 15.9 Å². The number of benzene rings is 2. The number of esters is 1. The lowest BCUT2D eigenvalue weighted by Gasteiger charge is -2.24. The van der Waals surface area contributed by atoms with Gasteiger partial charge in [-0.05, 0) is 55.8 Å². The molecule has 0 bridgehead atoms. The monoisotopic (exact) mass is 456 g/mol. The highest BCUT2D eigenvalue weighted by atomic mass is 32.2. The number of nitrogens with one attached hydrogen (secondary N) is 1. The zero-order valence-electron chi connectivity index (χ0n) is 17.8. The molecule has 0 aliphatic rings. The smallest absolute Gasteiger partial charge is 0.338 e. The molecule has 0 spiro atoms. The van der Waals surface area contributed by atoms with Crippen LogP contribution in [0.5, 0.6) is 0 Å². The summed E-state index contributed by atoms with van der Waals surface area (Å²) in [5, 5.41) is 2.56. The van der Waals surface area contributed by atoms with Crippen LogP contribution in [0.1, 0.15) is 28.6 Å². The highest BCUT2D eigenvalue weighted by Gasteiger charge is 2.26. The number of hydrogen-bond acceptors (Lipinski definition) is 6. The first-order valence-electron chi connectivity index (χ1n) is 9.97. The van der Waals surface area contributed by atoms with Crippen LogP contribution < -0.4 is 9.62 Å². The Bertz CT molecular complexity index is 1170. The molecule has 0 fully saturated rings. The van der Waals surface area contributed by atoms with E-state index in [9.17, 15) is 18.0 Å². The Hall–Kier alpha value is -3.59. The number of furan rings is 1. The molecule has 1 N–H and O–H groups in total. The second kappa shape index (κ2) is 10.1. The molecule has 0 aliphatic carbocycles. The molecule has 9 heteroatoms. The molecule has 8 nitrogen and oxygen atoms in total. The van der Waals surface area contributed by atoms with Gasteiger partial charge >= 0.3 is 5.97 Å². The molecule has 0 saturated heterocycles. The van der Waals surface area contributed by atoms with E-state index < -0.39 is 28.5 Å². The first kappa shape index (κ1) is 23.1. The van der Waals surface area contributed by atoms with Gasteiger partial charge in [0.15, 0.2) is 6.61 Å². The van der Waals surface area contributed by atoms with Crippen LogP contribution in [0.25, 0.3) is 0 Å². The second-order valence-electron chi connectivity index (χ2n) is 6.92. The average Bonchev–Trinajstić information content (AvgIpc) is 3.31. The van der Waals surface area contributed by atoms with E-state index in [1.165, 1.54) is 22.7 Å². The van der Waals surface area contributed by atoms with Crippen LogP contribution in [0.3, 0.4) is 0 Å². The fraction of sp³-hybridized carbons (Fsp3) is 0.217. The molecule has 1 aromatic heterocycles. The van der Waals surface area contributed by atoms with Crippen LogP contribution in [0.4, 0.5) is 5.69 Å². The topological polar surface area (TPSA) is 106 Å². The first-order chi connectivity index (χ1) is 15.3. The summed E-state index contributed by atoms with van der Waals surface area (Å²) in [5.41, 5.74) is 1.06. The molecule has 1 amide bonds. The number of amides is 1. The molecular weight excluding hydrogens is 432 g/mol. The van der Waals surface area contributed by atoms with Crippen LogP contribution in [-0.4, -0.2) is 33.4 Å². The van der Waals surface area contributed by atoms with E-state index in [2.05, 4.69) is 5.32 Å². The number of hydrogen-bond donors (Lipinski definition) is 1. The van der Waals surface area contributed by atoms with Crippen LogP contribution in [0, 0.1) is 6.92 Å². The number of rotatable bonds is 9. The number of para-hydroxylation sites is 1. The lowest BCUT2D eigenvalue weighted by atomic mass is 10.1. The number of sulfonamides is 1. The number of anilines is 1. The van der Waals surface area contributed by atoms with Crippen molar-refractivity contribution < 1.29 is 27.2 Å². The van der Waals surface area contributed by atoms with E-state index in [1.54, 1.807) is 62.4 Å². The van der Waals surface area contributed by atoms with Crippen molar-refractivity contribution in [2.24, 2.45) is 0 Å². The summed E-state index contributed by atoms with van der Waals surface area (Å²) in [4.78, 5) is 24.4. The summed E-state index contributed by atoms with van der Waals surface area (Å²) >= 11 is 0. The zero-order chi connectivity index (χ0) is 23.1. The van der Waals surface area contributed by atoms with Crippen LogP contribution in [0.2, 0.25) is 0 Å². The van der Waals surface area contributed by atoms with E-state index in [1.807, 2.05) is 0 Å². The van der Waals surface area contributed by atoms with Crippen molar-refractivity contribution in [3.63, 3.8) is 0 Å². The fourth-order valence-corrected chi connectivity index (χ4v) is 4.80. The Balaban J connectivity index is 1.73. The Kier molecular flexibility index (Phi) is 7.32. The maximum Gasteiger partial charge on any atom is 0.338 e. The number of carbonyl (C=O) groups excluding carboxylic acids is 2. The third-order valence-electron chi connectivity index (χ3n) is 4.70. The quantitative estimate of drug-likeness (QED) is 0.496. The van der Waals surface area contributed by atoms with Gasteiger partial charge in [-0.15, -0.1) is 0 Å². The summed E-state index contributed by atoms with van der Waals surface area (Å²) in [6.07, 6.45) is 1.49. The summed E-state index contributed by atoms with van der Waals surface area (Å²) in [6, 6.07) is 16.4. The maximum atomic E-state index is 13.3. The maximum absolute atomic E-state index is 13.3. The lowest BCUT2D eigenvalue weighted by Crippen LogP contribution is -2.31. The van der Waals surface area contributed by atoms with Gasteiger partial charge in [0.05, 0.1) is 29.0 Å². The molecule has 0 radical (unpaired) electrons. The van der Waals surface area contributed by atoms with E-state index in [4.69, 9.17) is 9.15 Å². The molecule has 32 heavy (non-hydrogen) atoms. The largest absolute Gasteiger partial charge is 0.467 e. The number of ether oxygens (including phenoxy) is 1. The average molecular weight is 457 g/mol. The summed E-state index contributed by atoms with van der Waals surface area (Å²) in [6.45, 7) is 3.28. The summed E-state index contributed by atoms with van der Waals surface area (Å²) in [5.74, 6) is -0.731. The van der Waals surface area contributed by atoms with Gasteiger partial charge < -0.3 is 14.5 Å². The molecule has 0 aliphatic heterocycles. The van der Waals surface area contributed by atoms with Gasteiger partial charge in [0, 0.05) is 6.54 Å². The predicted octanol–water partition coefficient (Wildman–Crippen LogP) is 3.28. The van der Waals surface area contributed by atoms with Crippen LogP contribution >= 0.6 is 0 Å². The lowest BCUT2D eigenvalue weighted by molar-refractivity contribution is -0.124. The summed E-state index contributed by atoms with van der Waals surface area (Å²) < 4.78 is 38.1. The van der Waals surface area contributed by atoms with Crippen molar-refractivity contribution in [3.05, 3.63) is 83.8 Å². The Morgan fingerprint density at radius 1 is 1.06 bits per heavy atom. The highest BCUT2D eigenvalue weighted by Crippen LogP contribution is 2.26. The normalized spacial score (nSPS) is 11.1. The summed E-state index contributed by atoms with van der Waals surface area (Å²) in [7, 11) is -3.92.